The second kappa shape index (κ2) is 11.1. The fourth-order valence-corrected chi connectivity index (χ4v) is 3.75. The van der Waals surface area contributed by atoms with Gasteiger partial charge in [-0.1, -0.05) is 24.3 Å². The summed E-state index contributed by atoms with van der Waals surface area (Å²) >= 11 is 0. The molecule has 0 fully saturated rings. The van der Waals surface area contributed by atoms with Crippen molar-refractivity contribution in [1.29, 1.82) is 0 Å². The number of ether oxygens (including phenoxy) is 2. The first-order valence-corrected chi connectivity index (χ1v) is 11.5. The van der Waals surface area contributed by atoms with Gasteiger partial charge in [-0.2, -0.15) is 0 Å². The SMILES string of the molecule is CCOc1ccc(CNc2ccc(Nc3ccc(N)cc3Cc3ccc(OC)cc3)cc2)cc1. The lowest BCUT2D eigenvalue weighted by Gasteiger charge is -2.14. The zero-order valence-corrected chi connectivity index (χ0v) is 19.7. The van der Waals surface area contributed by atoms with Gasteiger partial charge in [-0.25, -0.2) is 0 Å². The first kappa shape index (κ1) is 23.1. The Hall–Kier alpha value is -4.12. The molecule has 34 heavy (non-hydrogen) atoms. The average molecular weight is 454 g/mol. The minimum Gasteiger partial charge on any atom is -0.497 e. The van der Waals surface area contributed by atoms with Gasteiger partial charge in [0.25, 0.3) is 0 Å². The maximum atomic E-state index is 6.08. The number of nitrogens with one attached hydrogen (secondary N) is 2. The van der Waals surface area contributed by atoms with E-state index in [-0.39, 0.29) is 0 Å². The van der Waals surface area contributed by atoms with Gasteiger partial charge in [0.05, 0.1) is 13.7 Å². The third-order valence-electron chi connectivity index (χ3n) is 5.58. The Morgan fingerprint density at radius 1 is 0.735 bits per heavy atom. The average Bonchev–Trinajstić information content (AvgIpc) is 2.87. The number of rotatable bonds is 10. The molecule has 0 unspecified atom stereocenters. The molecule has 4 rings (SSSR count). The highest BCUT2D eigenvalue weighted by atomic mass is 16.5. The van der Waals surface area contributed by atoms with Gasteiger partial charge in [-0.05, 0) is 96.8 Å². The van der Waals surface area contributed by atoms with E-state index in [4.69, 9.17) is 15.2 Å². The van der Waals surface area contributed by atoms with E-state index in [1.165, 1.54) is 11.1 Å². The van der Waals surface area contributed by atoms with E-state index in [2.05, 4.69) is 59.2 Å². The lowest BCUT2D eigenvalue weighted by Crippen LogP contribution is -2.01. The molecule has 0 amide bonds. The molecule has 5 heteroatoms. The van der Waals surface area contributed by atoms with Gasteiger partial charge < -0.3 is 25.8 Å². The van der Waals surface area contributed by atoms with Crippen LogP contribution in [0.5, 0.6) is 11.5 Å². The summed E-state index contributed by atoms with van der Waals surface area (Å²) < 4.78 is 10.8. The molecule has 0 saturated carbocycles. The van der Waals surface area contributed by atoms with E-state index >= 15 is 0 Å². The lowest BCUT2D eigenvalue weighted by atomic mass is 10.0. The van der Waals surface area contributed by atoms with Crippen LogP contribution in [-0.4, -0.2) is 13.7 Å². The van der Waals surface area contributed by atoms with Crippen molar-refractivity contribution in [1.82, 2.24) is 0 Å². The molecule has 0 bridgehead atoms. The number of benzene rings is 4. The number of hydrogen-bond donors (Lipinski definition) is 3. The number of nitrogen functional groups attached to an aromatic ring is 1. The molecule has 0 heterocycles. The highest BCUT2D eigenvalue weighted by Gasteiger charge is 2.06. The summed E-state index contributed by atoms with van der Waals surface area (Å²) in [6.45, 7) is 3.42. The van der Waals surface area contributed by atoms with Crippen LogP contribution in [0.3, 0.4) is 0 Å². The van der Waals surface area contributed by atoms with E-state index in [0.717, 1.165) is 52.8 Å². The topological polar surface area (TPSA) is 68.5 Å². The van der Waals surface area contributed by atoms with Crippen molar-refractivity contribution in [3.8, 4) is 11.5 Å². The van der Waals surface area contributed by atoms with Gasteiger partial charge in [0.15, 0.2) is 0 Å². The van der Waals surface area contributed by atoms with Crippen LogP contribution in [0, 0.1) is 0 Å². The molecule has 0 atom stereocenters. The van der Waals surface area contributed by atoms with Gasteiger partial charge >= 0.3 is 0 Å². The Labute approximate surface area is 201 Å². The highest BCUT2D eigenvalue weighted by molar-refractivity contribution is 5.68. The number of methoxy groups -OCH3 is 1. The zero-order chi connectivity index (χ0) is 23.8. The molecule has 4 aromatic carbocycles. The summed E-state index contributed by atoms with van der Waals surface area (Å²) in [5, 5.41) is 7.01. The first-order chi connectivity index (χ1) is 16.6. The fourth-order valence-electron chi connectivity index (χ4n) is 3.75. The summed E-state index contributed by atoms with van der Waals surface area (Å²) in [5.41, 5.74) is 13.5. The summed E-state index contributed by atoms with van der Waals surface area (Å²) in [6, 6.07) is 30.6. The maximum absolute atomic E-state index is 6.08. The molecule has 0 saturated heterocycles. The molecular formula is C29H31N3O2. The third-order valence-corrected chi connectivity index (χ3v) is 5.58. The summed E-state index contributed by atoms with van der Waals surface area (Å²) in [4.78, 5) is 0. The van der Waals surface area contributed by atoms with Gasteiger partial charge in [-0.3, -0.25) is 0 Å². The molecular weight excluding hydrogens is 422 g/mol. The molecule has 0 radical (unpaired) electrons. The van der Waals surface area contributed by atoms with Crippen LogP contribution in [0.15, 0.2) is 91.0 Å². The van der Waals surface area contributed by atoms with Crippen molar-refractivity contribution in [2.75, 3.05) is 30.1 Å². The van der Waals surface area contributed by atoms with Crippen molar-refractivity contribution in [2.24, 2.45) is 0 Å². The molecule has 0 aliphatic heterocycles. The zero-order valence-electron chi connectivity index (χ0n) is 19.7. The van der Waals surface area contributed by atoms with Crippen molar-refractivity contribution in [3.63, 3.8) is 0 Å². The monoisotopic (exact) mass is 453 g/mol. The normalized spacial score (nSPS) is 10.5. The van der Waals surface area contributed by atoms with Crippen LogP contribution in [-0.2, 0) is 13.0 Å². The molecule has 0 aliphatic rings. The quantitative estimate of drug-likeness (QED) is 0.235. The minimum absolute atomic E-state index is 0.678. The van der Waals surface area contributed by atoms with Gasteiger partial charge in [0.2, 0.25) is 0 Å². The highest BCUT2D eigenvalue weighted by Crippen LogP contribution is 2.27. The van der Waals surface area contributed by atoms with Crippen molar-refractivity contribution in [3.05, 3.63) is 108 Å². The first-order valence-electron chi connectivity index (χ1n) is 11.5. The van der Waals surface area contributed by atoms with Crippen molar-refractivity contribution < 1.29 is 9.47 Å². The molecule has 0 spiro atoms. The molecule has 0 aromatic heterocycles. The predicted molar refractivity (Wildman–Crippen MR) is 141 cm³/mol. The Balaban J connectivity index is 1.39. The Kier molecular flexibility index (Phi) is 7.56. The molecule has 174 valence electrons. The van der Waals surface area contributed by atoms with E-state index in [1.54, 1.807) is 7.11 Å². The summed E-state index contributed by atoms with van der Waals surface area (Å²) in [6.07, 6.45) is 0.777. The summed E-state index contributed by atoms with van der Waals surface area (Å²) in [7, 11) is 1.68. The molecule has 5 nitrogen and oxygen atoms in total. The van der Waals surface area contributed by atoms with E-state index in [1.807, 2.05) is 49.4 Å². The minimum atomic E-state index is 0.678. The third kappa shape index (κ3) is 6.23. The second-order valence-corrected chi connectivity index (χ2v) is 8.07. The van der Waals surface area contributed by atoms with Gasteiger partial charge in [-0.15, -0.1) is 0 Å². The van der Waals surface area contributed by atoms with Crippen molar-refractivity contribution in [2.45, 2.75) is 19.9 Å². The van der Waals surface area contributed by atoms with Gasteiger partial charge in [0, 0.05) is 29.3 Å². The largest absolute Gasteiger partial charge is 0.497 e. The molecule has 4 aromatic rings. The van der Waals surface area contributed by atoms with Crippen molar-refractivity contribution >= 4 is 22.7 Å². The summed E-state index contributed by atoms with van der Waals surface area (Å²) in [5.74, 6) is 1.75. The van der Waals surface area contributed by atoms with E-state index in [9.17, 15) is 0 Å². The molecule has 0 aliphatic carbocycles. The van der Waals surface area contributed by atoms with Gasteiger partial charge in [0.1, 0.15) is 11.5 Å². The van der Waals surface area contributed by atoms with Crippen LogP contribution < -0.4 is 25.8 Å². The fraction of sp³-hybridized carbons (Fsp3) is 0.172. The second-order valence-electron chi connectivity index (χ2n) is 8.07. The smallest absolute Gasteiger partial charge is 0.119 e. The van der Waals surface area contributed by atoms with Crippen LogP contribution in [0.25, 0.3) is 0 Å². The van der Waals surface area contributed by atoms with E-state index < -0.39 is 0 Å². The Bertz CT molecular complexity index is 1190. The van der Waals surface area contributed by atoms with E-state index in [0.29, 0.717) is 6.61 Å². The van der Waals surface area contributed by atoms with Crippen LogP contribution in [0.2, 0.25) is 0 Å². The maximum Gasteiger partial charge on any atom is 0.119 e. The van der Waals surface area contributed by atoms with Crippen LogP contribution in [0.1, 0.15) is 23.6 Å². The standard InChI is InChI=1S/C29H31N3O2/c1-3-34-28-15-6-22(7-16-28)20-31-25-9-11-26(12-10-25)32-29-17-8-24(30)19-23(29)18-21-4-13-27(33-2)14-5-21/h4-17,19,31-32H,3,18,20,30H2,1-2H3. The Morgan fingerprint density at radius 2 is 1.38 bits per heavy atom. The Morgan fingerprint density at radius 3 is 2.06 bits per heavy atom. The number of hydrogen-bond acceptors (Lipinski definition) is 5. The van der Waals surface area contributed by atoms with Crippen LogP contribution >= 0.6 is 0 Å². The predicted octanol–water partition coefficient (Wildman–Crippen LogP) is 6.62. The van der Waals surface area contributed by atoms with Crippen LogP contribution in [0.4, 0.5) is 22.7 Å². The number of nitrogens with two attached hydrogens (primary N) is 1. The lowest BCUT2D eigenvalue weighted by molar-refractivity contribution is 0.340. The molecule has 4 N–H and O–H groups in total. The number of anilines is 4.